The van der Waals surface area contributed by atoms with Crippen LogP contribution in [0, 0.1) is 13.8 Å². The van der Waals surface area contributed by atoms with Crippen LogP contribution in [0.4, 0.5) is 0 Å². The third-order valence-corrected chi connectivity index (χ3v) is 17.7. The molecule has 16 rings (SSSR count). The van der Waals surface area contributed by atoms with Crippen molar-refractivity contribution in [3.63, 3.8) is 0 Å². The topological polar surface area (TPSA) is 63.7 Å². The zero-order valence-corrected chi connectivity index (χ0v) is 47.6. The van der Waals surface area contributed by atoms with Crippen LogP contribution in [0.3, 0.4) is 0 Å². The van der Waals surface area contributed by atoms with E-state index in [4.69, 9.17) is 0 Å². The number of aromatic nitrogens is 6. The Labute approximate surface area is 485 Å². The Kier molecular flexibility index (Phi) is 11.7. The molecule has 0 unspecified atom stereocenters. The molecule has 10 aromatic carbocycles. The molecule has 0 fully saturated rings. The van der Waals surface area contributed by atoms with Gasteiger partial charge in [0, 0.05) is 127 Å². The zero-order chi connectivity index (χ0) is 57.1. The van der Waals surface area contributed by atoms with E-state index in [1.807, 2.05) is 62.6 Å². The van der Waals surface area contributed by atoms with Crippen molar-refractivity contribution in [1.82, 2.24) is 27.4 Å². The quantitative estimate of drug-likeness (QED) is 0.142. The summed E-state index contributed by atoms with van der Waals surface area (Å²) in [5, 5.41) is 9.10. The fourth-order valence-corrected chi connectivity index (χ4v) is 13.5. The van der Waals surface area contributed by atoms with Gasteiger partial charge in [-0.3, -0.25) is 9.59 Å². The maximum Gasteiger partial charge on any atom is 0.152 e. The van der Waals surface area contributed by atoms with Gasteiger partial charge in [0.25, 0.3) is 0 Å². The van der Waals surface area contributed by atoms with E-state index in [-0.39, 0.29) is 0 Å². The minimum Gasteiger partial charge on any atom is -0.344 e. The van der Waals surface area contributed by atoms with Crippen molar-refractivity contribution in [3.05, 3.63) is 253 Å². The molecule has 6 aromatic heterocycles. The van der Waals surface area contributed by atoms with Gasteiger partial charge < -0.3 is 27.4 Å². The van der Waals surface area contributed by atoms with Crippen LogP contribution in [-0.4, -0.2) is 40.0 Å². The molecule has 0 radical (unpaired) electrons. The summed E-state index contributed by atoms with van der Waals surface area (Å²) in [7, 11) is 8.36. The Morgan fingerprint density at radius 1 is 0.286 bits per heavy atom. The van der Waals surface area contributed by atoms with E-state index >= 15 is 0 Å². The number of fused-ring (bicyclic) bond motifs is 10. The van der Waals surface area contributed by atoms with Crippen molar-refractivity contribution in [2.45, 2.75) is 13.8 Å². The molecular formula is C76H58N6O2. The smallest absolute Gasteiger partial charge is 0.152 e. The Hall–Kier alpha value is -10.7. The Morgan fingerprint density at radius 2 is 0.607 bits per heavy atom. The van der Waals surface area contributed by atoms with E-state index in [9.17, 15) is 9.59 Å². The molecule has 0 saturated carbocycles. The van der Waals surface area contributed by atoms with Crippen LogP contribution >= 0.6 is 0 Å². The lowest BCUT2D eigenvalue weighted by atomic mass is 10.0. The standard InChI is InChI=1S/C39H29N3O2.C37H29N3/c1-24-12-16-27(17-13-24)42-36-18-14-25(38-32(22-43)28-8-4-6-10-34(28)40(38)2)20-30(36)31-21-26(15-19-37(31)42)39-33(23-44)29-9-5-7-11-35(29)41(39)3;1-24-12-16-29(17-13-24)40-34-18-14-27(36-22-25-8-4-6-10-32(25)38(36)2)20-30(34)31-21-28(15-19-35(31)40)37-23-26-9-5-7-11-33(26)39(37)3/h4-23H,1-3H3;4-23H,1-3H3. The summed E-state index contributed by atoms with van der Waals surface area (Å²) in [6.07, 6.45) is 1.94. The molecule has 84 heavy (non-hydrogen) atoms. The summed E-state index contributed by atoms with van der Waals surface area (Å²) in [5.74, 6) is 0. The number of aldehydes is 2. The lowest BCUT2D eigenvalue weighted by Crippen LogP contribution is -1.96. The fourth-order valence-electron chi connectivity index (χ4n) is 13.5. The summed E-state index contributed by atoms with van der Waals surface area (Å²) in [6.45, 7) is 4.24. The molecule has 0 amide bonds. The summed E-state index contributed by atoms with van der Waals surface area (Å²) in [6, 6.07) is 82.1. The van der Waals surface area contributed by atoms with Crippen LogP contribution < -0.4 is 0 Å². The molecule has 0 bridgehead atoms. The number of para-hydroxylation sites is 4. The molecule has 0 aliphatic heterocycles. The van der Waals surface area contributed by atoms with Gasteiger partial charge in [-0.05, 0) is 145 Å². The Balaban J connectivity index is 0.000000144. The van der Waals surface area contributed by atoms with Gasteiger partial charge in [0.2, 0.25) is 0 Å². The predicted molar refractivity (Wildman–Crippen MR) is 349 cm³/mol. The molecule has 0 N–H and O–H groups in total. The second kappa shape index (κ2) is 19.5. The molecule has 0 aliphatic carbocycles. The van der Waals surface area contributed by atoms with E-state index in [2.05, 4.69) is 237 Å². The summed E-state index contributed by atoms with van der Waals surface area (Å²) >= 11 is 0. The van der Waals surface area contributed by atoms with Crippen LogP contribution in [-0.2, 0) is 28.2 Å². The number of nitrogens with zero attached hydrogens (tertiary/aromatic N) is 6. The van der Waals surface area contributed by atoms with Gasteiger partial charge in [0.1, 0.15) is 0 Å². The first-order chi connectivity index (χ1) is 41.1. The number of carbonyl (C=O) groups excluding carboxylic acids is 2. The van der Waals surface area contributed by atoms with E-state index in [1.54, 1.807) is 0 Å². The third-order valence-electron chi connectivity index (χ3n) is 17.7. The second-order valence-electron chi connectivity index (χ2n) is 22.5. The number of benzene rings is 10. The van der Waals surface area contributed by atoms with E-state index in [1.165, 1.54) is 82.9 Å². The largest absolute Gasteiger partial charge is 0.344 e. The Morgan fingerprint density at radius 3 is 0.964 bits per heavy atom. The maximum atomic E-state index is 12.4. The van der Waals surface area contributed by atoms with Gasteiger partial charge >= 0.3 is 0 Å². The molecule has 0 atom stereocenters. The maximum absolute atomic E-state index is 12.4. The molecule has 8 heteroatoms. The van der Waals surface area contributed by atoms with Crippen LogP contribution in [0.25, 0.3) is 144 Å². The van der Waals surface area contributed by atoms with Gasteiger partial charge in [-0.15, -0.1) is 0 Å². The molecule has 6 heterocycles. The van der Waals surface area contributed by atoms with Gasteiger partial charge in [-0.2, -0.15) is 0 Å². The highest BCUT2D eigenvalue weighted by atomic mass is 16.1. The third kappa shape index (κ3) is 7.74. The van der Waals surface area contributed by atoms with Crippen LogP contribution in [0.2, 0.25) is 0 Å². The second-order valence-corrected chi connectivity index (χ2v) is 22.5. The highest BCUT2D eigenvalue weighted by molar-refractivity contribution is 6.15. The predicted octanol–water partition coefficient (Wildman–Crippen LogP) is 18.4. The minimum absolute atomic E-state index is 0.691. The van der Waals surface area contributed by atoms with Crippen molar-refractivity contribution in [2.75, 3.05) is 0 Å². The normalized spacial score (nSPS) is 11.8. The van der Waals surface area contributed by atoms with Crippen LogP contribution in [0.5, 0.6) is 0 Å². The average molecular weight is 1090 g/mol. The van der Waals surface area contributed by atoms with Crippen LogP contribution in [0.15, 0.2) is 231 Å². The summed E-state index contributed by atoms with van der Waals surface area (Å²) in [5.41, 5.74) is 23.9. The highest BCUT2D eigenvalue weighted by Crippen LogP contribution is 2.43. The molecule has 0 aliphatic rings. The minimum atomic E-state index is 0.691. The van der Waals surface area contributed by atoms with Crippen molar-refractivity contribution in [3.8, 4) is 56.4 Å². The summed E-state index contributed by atoms with van der Waals surface area (Å²) < 4.78 is 13.5. The van der Waals surface area contributed by atoms with Crippen LogP contribution in [0.1, 0.15) is 31.8 Å². The SMILES string of the molecule is Cc1ccc(-n2c3ccc(-c4c(C=O)c5ccccc5n4C)cc3c3cc(-c4c(C=O)c5ccccc5n4C)ccc32)cc1.Cc1ccc(-n2c3ccc(-c4cc5ccccc5n4C)cc3c3cc(-c4cc5ccccc5n4C)ccc32)cc1. The zero-order valence-electron chi connectivity index (χ0n) is 47.6. The monoisotopic (exact) mass is 1090 g/mol. The number of hydrogen-bond acceptors (Lipinski definition) is 2. The van der Waals surface area contributed by atoms with Gasteiger partial charge in [-0.25, -0.2) is 0 Å². The van der Waals surface area contributed by atoms with Crippen molar-refractivity contribution < 1.29 is 9.59 Å². The van der Waals surface area contributed by atoms with Gasteiger partial charge in [0.05, 0.1) is 33.5 Å². The number of hydrogen-bond donors (Lipinski definition) is 0. The molecule has 0 saturated heterocycles. The number of carbonyl (C=O) groups is 2. The first-order valence-electron chi connectivity index (χ1n) is 28.5. The number of aryl methyl sites for hydroxylation is 6. The average Bonchev–Trinajstić information content (AvgIpc) is 2.54. The number of rotatable bonds is 8. The van der Waals surface area contributed by atoms with Crippen molar-refractivity contribution >= 4 is 99.8 Å². The molecule has 16 aromatic rings. The van der Waals surface area contributed by atoms with Crippen molar-refractivity contribution in [2.24, 2.45) is 28.2 Å². The van der Waals surface area contributed by atoms with Gasteiger partial charge in [0.15, 0.2) is 12.6 Å². The lowest BCUT2D eigenvalue weighted by Gasteiger charge is -2.10. The Bertz CT molecular complexity index is 5070. The van der Waals surface area contributed by atoms with Gasteiger partial charge in [-0.1, -0.05) is 132 Å². The van der Waals surface area contributed by atoms with E-state index < -0.39 is 0 Å². The van der Waals surface area contributed by atoms with E-state index in [0.29, 0.717) is 11.1 Å². The van der Waals surface area contributed by atoms with E-state index in [0.717, 1.165) is 84.4 Å². The molecule has 404 valence electrons. The highest BCUT2D eigenvalue weighted by Gasteiger charge is 2.23. The molecule has 0 spiro atoms. The fraction of sp³-hybridized carbons (Fsp3) is 0.0789. The molecule has 8 nitrogen and oxygen atoms in total. The summed E-state index contributed by atoms with van der Waals surface area (Å²) in [4.78, 5) is 24.9. The van der Waals surface area contributed by atoms with Crippen molar-refractivity contribution in [1.29, 1.82) is 0 Å². The molecular weight excluding hydrogens is 1030 g/mol. The lowest BCUT2D eigenvalue weighted by molar-refractivity contribution is 0.111. The first kappa shape index (κ1) is 50.3. The first-order valence-corrected chi connectivity index (χ1v) is 28.5.